The Morgan fingerprint density at radius 3 is 2.11 bits per heavy atom. The molecule has 0 amide bonds. The Morgan fingerprint density at radius 2 is 1.48 bits per heavy atom. The summed E-state index contributed by atoms with van der Waals surface area (Å²) >= 11 is 0. The highest BCUT2D eigenvalue weighted by atomic mass is 16.5. The first kappa shape index (κ1) is 18.3. The van der Waals surface area contributed by atoms with Crippen molar-refractivity contribution in [1.29, 1.82) is 0 Å². The molecule has 0 fully saturated rings. The van der Waals surface area contributed by atoms with Crippen molar-refractivity contribution >= 4 is 11.9 Å². The minimum Gasteiger partial charge on any atom is -0.421 e. The molecule has 2 aromatic carbocycles. The number of rotatable bonds is 4. The normalized spacial score (nSPS) is 10.3. The van der Waals surface area contributed by atoms with Gasteiger partial charge in [0.05, 0.1) is 17.3 Å². The third kappa shape index (κ3) is 4.58. The minimum atomic E-state index is -0.482. The van der Waals surface area contributed by atoms with Gasteiger partial charge in [-0.1, -0.05) is 35.4 Å². The molecule has 0 spiro atoms. The molecule has 136 valence electrons. The second-order valence-corrected chi connectivity index (χ2v) is 6.30. The summed E-state index contributed by atoms with van der Waals surface area (Å²) in [4.78, 5) is 28.4. The van der Waals surface area contributed by atoms with E-state index in [-0.39, 0.29) is 11.6 Å². The maximum Gasteiger partial charge on any atom is 0.345 e. The molecule has 5 heteroatoms. The van der Waals surface area contributed by atoms with Crippen LogP contribution >= 0.6 is 0 Å². The van der Waals surface area contributed by atoms with Gasteiger partial charge in [-0.25, -0.2) is 14.6 Å². The summed E-state index contributed by atoms with van der Waals surface area (Å²) in [7, 11) is 0. The predicted octanol–water partition coefficient (Wildman–Crippen LogP) is 4.45. The van der Waals surface area contributed by atoms with Crippen LogP contribution in [0.3, 0.4) is 0 Å². The number of hydrogen-bond donors (Lipinski definition) is 0. The smallest absolute Gasteiger partial charge is 0.345 e. The third-order valence-electron chi connectivity index (χ3n) is 4.01. The Kier molecular flexibility index (Phi) is 5.31. The molecule has 1 aromatic heterocycles. The number of esters is 2. The zero-order valence-electron chi connectivity index (χ0n) is 15.4. The van der Waals surface area contributed by atoms with Gasteiger partial charge in [0.25, 0.3) is 0 Å². The first-order chi connectivity index (χ1) is 12.9. The van der Waals surface area contributed by atoms with Crippen molar-refractivity contribution in [2.24, 2.45) is 0 Å². The lowest BCUT2D eigenvalue weighted by atomic mass is 10.1. The number of benzene rings is 2. The van der Waals surface area contributed by atoms with Crippen molar-refractivity contribution in [3.8, 4) is 11.6 Å². The van der Waals surface area contributed by atoms with Crippen LogP contribution in [0.2, 0.25) is 0 Å². The van der Waals surface area contributed by atoms with E-state index in [9.17, 15) is 9.59 Å². The van der Waals surface area contributed by atoms with E-state index in [2.05, 4.69) is 4.98 Å². The van der Waals surface area contributed by atoms with Gasteiger partial charge in [-0.2, -0.15) is 0 Å². The molecule has 0 radical (unpaired) electrons. The Bertz CT molecular complexity index is 976. The van der Waals surface area contributed by atoms with Crippen molar-refractivity contribution in [1.82, 2.24) is 4.98 Å². The fourth-order valence-corrected chi connectivity index (χ4v) is 2.54. The molecule has 27 heavy (non-hydrogen) atoms. The average molecular weight is 361 g/mol. The molecule has 3 aromatic rings. The van der Waals surface area contributed by atoms with Gasteiger partial charge in [0.15, 0.2) is 0 Å². The van der Waals surface area contributed by atoms with Crippen molar-refractivity contribution in [2.75, 3.05) is 0 Å². The average Bonchev–Trinajstić information content (AvgIpc) is 2.63. The van der Waals surface area contributed by atoms with Crippen molar-refractivity contribution in [2.45, 2.75) is 20.8 Å². The maximum atomic E-state index is 12.3. The molecule has 0 aliphatic heterocycles. The summed E-state index contributed by atoms with van der Waals surface area (Å²) < 4.78 is 10.6. The van der Waals surface area contributed by atoms with Gasteiger partial charge >= 0.3 is 11.9 Å². The monoisotopic (exact) mass is 361 g/mol. The number of aromatic nitrogens is 1. The molecule has 0 bridgehead atoms. The Morgan fingerprint density at radius 1 is 0.778 bits per heavy atom. The molecule has 1 heterocycles. The number of aryl methyl sites for hydroxylation is 3. The molecular formula is C22H19NO4. The Hall–Kier alpha value is -3.47. The number of carbonyl (C=O) groups excluding carboxylic acids is 2. The molecule has 3 rings (SSSR count). The Balaban J connectivity index is 1.65. The SMILES string of the molecule is Cc1ccc(C(=O)Oc2ccc(OC(=O)c3ccc(C)cc3C)nc2)cc1. The van der Waals surface area contributed by atoms with Crippen molar-refractivity contribution in [3.05, 3.63) is 88.6 Å². The van der Waals surface area contributed by atoms with Gasteiger partial charge in [0.1, 0.15) is 5.75 Å². The van der Waals surface area contributed by atoms with Crippen LogP contribution < -0.4 is 9.47 Å². The van der Waals surface area contributed by atoms with Crippen LogP contribution in [0.4, 0.5) is 0 Å². The summed E-state index contributed by atoms with van der Waals surface area (Å²) in [6.45, 7) is 5.75. The van der Waals surface area contributed by atoms with E-state index in [1.54, 1.807) is 18.2 Å². The van der Waals surface area contributed by atoms with Gasteiger partial charge in [-0.15, -0.1) is 0 Å². The van der Waals surface area contributed by atoms with Crippen LogP contribution in [0, 0.1) is 20.8 Å². The van der Waals surface area contributed by atoms with Gasteiger partial charge in [0.2, 0.25) is 5.88 Å². The van der Waals surface area contributed by atoms with Crippen molar-refractivity contribution < 1.29 is 19.1 Å². The number of ether oxygens (including phenoxy) is 2. The lowest BCUT2D eigenvalue weighted by Gasteiger charge is -2.08. The van der Waals surface area contributed by atoms with Crippen molar-refractivity contribution in [3.63, 3.8) is 0 Å². The second-order valence-electron chi connectivity index (χ2n) is 6.30. The Labute approximate surface area is 157 Å². The van der Waals surface area contributed by atoms with Gasteiger partial charge in [-0.3, -0.25) is 0 Å². The second kappa shape index (κ2) is 7.83. The molecule has 0 saturated heterocycles. The molecule has 0 aliphatic carbocycles. The van der Waals surface area contributed by atoms with E-state index < -0.39 is 11.9 Å². The third-order valence-corrected chi connectivity index (χ3v) is 4.01. The topological polar surface area (TPSA) is 65.5 Å². The number of hydrogen-bond acceptors (Lipinski definition) is 5. The maximum absolute atomic E-state index is 12.3. The van der Waals surface area contributed by atoms with E-state index in [0.717, 1.165) is 16.7 Å². The highest BCUT2D eigenvalue weighted by Gasteiger charge is 2.13. The van der Waals surface area contributed by atoms with Crippen LogP contribution in [0.15, 0.2) is 60.8 Å². The van der Waals surface area contributed by atoms with Gasteiger partial charge in [0, 0.05) is 6.07 Å². The zero-order valence-corrected chi connectivity index (χ0v) is 15.4. The predicted molar refractivity (Wildman–Crippen MR) is 101 cm³/mol. The molecule has 0 atom stereocenters. The first-order valence-corrected chi connectivity index (χ1v) is 8.47. The fraction of sp³-hybridized carbons (Fsp3) is 0.136. The van der Waals surface area contributed by atoms with Crippen LogP contribution in [-0.4, -0.2) is 16.9 Å². The summed E-state index contributed by atoms with van der Waals surface area (Å²) in [6.07, 6.45) is 1.34. The minimum absolute atomic E-state index is 0.134. The highest BCUT2D eigenvalue weighted by molar-refractivity contribution is 5.92. The molecule has 0 aliphatic rings. The summed E-state index contributed by atoms with van der Waals surface area (Å²) in [5.74, 6) is -0.553. The zero-order chi connectivity index (χ0) is 19.4. The molecular weight excluding hydrogens is 342 g/mol. The van der Waals surface area contributed by atoms with E-state index >= 15 is 0 Å². The fourth-order valence-electron chi connectivity index (χ4n) is 2.54. The quantitative estimate of drug-likeness (QED) is 0.643. The number of carbonyl (C=O) groups is 2. The van der Waals surface area contributed by atoms with E-state index in [4.69, 9.17) is 9.47 Å². The standard InChI is InChI=1S/C22H19NO4/c1-14-4-7-17(8-5-14)21(24)26-18-9-11-20(23-13-18)27-22(25)19-10-6-15(2)12-16(19)3/h4-13H,1-3H3. The first-order valence-electron chi connectivity index (χ1n) is 8.47. The van der Waals surface area contributed by atoms with E-state index in [1.165, 1.54) is 18.3 Å². The van der Waals surface area contributed by atoms with Crippen LogP contribution in [0.25, 0.3) is 0 Å². The summed E-state index contributed by atoms with van der Waals surface area (Å²) in [5.41, 5.74) is 3.90. The molecule has 0 N–H and O–H groups in total. The summed E-state index contributed by atoms with van der Waals surface area (Å²) in [5, 5.41) is 0. The lowest BCUT2D eigenvalue weighted by molar-refractivity contribution is 0.0712. The van der Waals surface area contributed by atoms with Gasteiger partial charge in [-0.05, 0) is 50.6 Å². The number of nitrogens with zero attached hydrogens (tertiary/aromatic N) is 1. The lowest BCUT2D eigenvalue weighted by Crippen LogP contribution is -2.12. The van der Waals surface area contributed by atoms with E-state index in [0.29, 0.717) is 11.1 Å². The van der Waals surface area contributed by atoms with E-state index in [1.807, 2.05) is 45.0 Å². The molecule has 5 nitrogen and oxygen atoms in total. The number of pyridine rings is 1. The van der Waals surface area contributed by atoms with Crippen LogP contribution in [-0.2, 0) is 0 Å². The van der Waals surface area contributed by atoms with Crippen LogP contribution in [0.1, 0.15) is 37.4 Å². The largest absolute Gasteiger partial charge is 0.421 e. The molecule has 0 saturated carbocycles. The van der Waals surface area contributed by atoms with Gasteiger partial charge < -0.3 is 9.47 Å². The summed E-state index contributed by atoms with van der Waals surface area (Å²) in [6, 6.07) is 15.6. The highest BCUT2D eigenvalue weighted by Crippen LogP contribution is 2.18. The molecule has 0 unspecified atom stereocenters. The van der Waals surface area contributed by atoms with Crippen LogP contribution in [0.5, 0.6) is 11.6 Å².